The van der Waals surface area contributed by atoms with Crippen molar-refractivity contribution in [3.63, 3.8) is 0 Å². The van der Waals surface area contributed by atoms with Gasteiger partial charge < -0.3 is 9.73 Å². The molecule has 0 aliphatic carbocycles. The molecule has 1 aliphatic heterocycles. The maximum Gasteiger partial charge on any atom is 0.156 e. The molecule has 0 unspecified atom stereocenters. The Bertz CT molecular complexity index is 369. The summed E-state index contributed by atoms with van der Waals surface area (Å²) in [4.78, 5) is 4.66. The van der Waals surface area contributed by atoms with Crippen molar-refractivity contribution in [2.24, 2.45) is 10.4 Å². The van der Waals surface area contributed by atoms with Crippen LogP contribution in [-0.4, -0.2) is 17.5 Å². The number of hydrogen-bond acceptors (Lipinski definition) is 4. The first-order valence-corrected chi connectivity index (χ1v) is 7.19. The lowest BCUT2D eigenvalue weighted by molar-refractivity contribution is 0.318. The zero-order chi connectivity index (χ0) is 12.1. The second-order valence-corrected chi connectivity index (χ2v) is 5.57. The van der Waals surface area contributed by atoms with E-state index in [-0.39, 0.29) is 0 Å². The van der Waals surface area contributed by atoms with Crippen molar-refractivity contribution in [3.05, 3.63) is 24.2 Å². The van der Waals surface area contributed by atoms with Gasteiger partial charge in [0.05, 0.1) is 12.5 Å². The van der Waals surface area contributed by atoms with E-state index in [1.165, 1.54) is 18.6 Å². The summed E-state index contributed by atoms with van der Waals surface area (Å²) in [5, 5.41) is 4.44. The Morgan fingerprint density at radius 3 is 2.82 bits per heavy atom. The van der Waals surface area contributed by atoms with Gasteiger partial charge in [-0.05, 0) is 24.3 Å². The number of nitrogens with zero attached hydrogens (tertiary/aromatic N) is 1. The molecule has 1 N–H and O–H groups in total. The van der Waals surface area contributed by atoms with E-state index in [4.69, 9.17) is 4.42 Å². The fraction of sp³-hybridized carbons (Fsp3) is 0.615. The van der Waals surface area contributed by atoms with Crippen LogP contribution in [0.3, 0.4) is 0 Å². The molecule has 0 spiro atoms. The Hall–Kier alpha value is -0.900. The molecule has 0 fully saturated rings. The molecule has 0 amide bonds. The summed E-state index contributed by atoms with van der Waals surface area (Å²) in [6, 6.07) is 1.98. The van der Waals surface area contributed by atoms with E-state index < -0.39 is 0 Å². The molecular weight excluding hydrogens is 232 g/mol. The Kier molecular flexibility index (Phi) is 4.15. The van der Waals surface area contributed by atoms with Crippen molar-refractivity contribution >= 4 is 16.9 Å². The maximum absolute atomic E-state index is 5.04. The van der Waals surface area contributed by atoms with Crippen LogP contribution >= 0.6 is 11.8 Å². The van der Waals surface area contributed by atoms with Gasteiger partial charge >= 0.3 is 0 Å². The lowest BCUT2D eigenvalue weighted by Crippen LogP contribution is -2.34. The van der Waals surface area contributed by atoms with E-state index in [9.17, 15) is 0 Å². The Labute approximate surface area is 107 Å². The quantitative estimate of drug-likeness (QED) is 0.893. The molecule has 1 aromatic heterocycles. The van der Waals surface area contributed by atoms with Gasteiger partial charge in [0.2, 0.25) is 0 Å². The van der Waals surface area contributed by atoms with Crippen LogP contribution in [0.25, 0.3) is 0 Å². The highest BCUT2D eigenvalue weighted by atomic mass is 32.2. The van der Waals surface area contributed by atoms with Crippen LogP contribution in [-0.2, 0) is 6.54 Å². The van der Waals surface area contributed by atoms with E-state index in [0.29, 0.717) is 5.41 Å². The summed E-state index contributed by atoms with van der Waals surface area (Å²) in [6.07, 6.45) is 5.90. The van der Waals surface area contributed by atoms with Crippen LogP contribution in [0.15, 0.2) is 28.0 Å². The number of amidine groups is 1. The molecule has 0 saturated carbocycles. The minimum absolute atomic E-state index is 0.422. The topological polar surface area (TPSA) is 37.5 Å². The molecule has 2 heterocycles. The van der Waals surface area contributed by atoms with Gasteiger partial charge in [0.25, 0.3) is 0 Å². The number of aliphatic imine (C=N–C) groups is 1. The van der Waals surface area contributed by atoms with E-state index in [2.05, 4.69) is 24.2 Å². The molecule has 0 radical (unpaired) electrons. The van der Waals surface area contributed by atoms with Gasteiger partial charge in [-0.2, -0.15) is 0 Å². The van der Waals surface area contributed by atoms with Gasteiger partial charge in [-0.15, -0.1) is 0 Å². The van der Waals surface area contributed by atoms with Gasteiger partial charge in [-0.25, -0.2) is 0 Å². The molecule has 94 valence electrons. The summed E-state index contributed by atoms with van der Waals surface area (Å²) < 4.78 is 5.04. The van der Waals surface area contributed by atoms with E-state index >= 15 is 0 Å². The first-order valence-electron chi connectivity index (χ1n) is 6.20. The molecule has 3 nitrogen and oxygen atoms in total. The van der Waals surface area contributed by atoms with Crippen molar-refractivity contribution in [3.8, 4) is 0 Å². The molecule has 17 heavy (non-hydrogen) atoms. The number of thioether (sulfide) groups is 1. The first kappa shape index (κ1) is 12.6. The Morgan fingerprint density at radius 2 is 2.29 bits per heavy atom. The third-order valence-electron chi connectivity index (χ3n) is 3.60. The fourth-order valence-electron chi connectivity index (χ4n) is 1.91. The summed E-state index contributed by atoms with van der Waals surface area (Å²) in [5.74, 6) is 1.18. The third kappa shape index (κ3) is 3.06. The standard InChI is InChI=1S/C13H20N2OS/c1-3-13(4-2)9-15-12(17-10-13)14-7-11-5-6-16-8-11/h5-6,8H,3-4,7,9-10H2,1-2H3,(H,14,15). The van der Waals surface area contributed by atoms with Crippen LogP contribution < -0.4 is 5.32 Å². The predicted octanol–water partition coefficient (Wildman–Crippen LogP) is 3.28. The smallest absolute Gasteiger partial charge is 0.156 e. The minimum Gasteiger partial charge on any atom is -0.472 e. The van der Waals surface area contributed by atoms with Gasteiger partial charge in [0.15, 0.2) is 5.17 Å². The maximum atomic E-state index is 5.04. The zero-order valence-corrected chi connectivity index (χ0v) is 11.3. The average molecular weight is 252 g/mol. The highest BCUT2D eigenvalue weighted by molar-refractivity contribution is 8.13. The highest BCUT2D eigenvalue weighted by Gasteiger charge is 2.29. The lowest BCUT2D eigenvalue weighted by Gasteiger charge is -2.33. The minimum atomic E-state index is 0.422. The first-order chi connectivity index (χ1) is 8.28. The van der Waals surface area contributed by atoms with Crippen LogP contribution in [0, 0.1) is 5.41 Å². The largest absolute Gasteiger partial charge is 0.472 e. The van der Waals surface area contributed by atoms with Gasteiger partial charge in [0.1, 0.15) is 0 Å². The average Bonchev–Trinajstić information content (AvgIpc) is 2.90. The Balaban J connectivity index is 1.86. The Morgan fingerprint density at radius 1 is 1.47 bits per heavy atom. The predicted molar refractivity (Wildman–Crippen MR) is 73.3 cm³/mol. The van der Waals surface area contributed by atoms with Crippen molar-refractivity contribution in [1.82, 2.24) is 5.32 Å². The second-order valence-electron chi connectivity index (χ2n) is 4.60. The number of hydrogen-bond donors (Lipinski definition) is 1. The zero-order valence-electron chi connectivity index (χ0n) is 10.5. The lowest BCUT2D eigenvalue weighted by atomic mass is 9.84. The van der Waals surface area contributed by atoms with Crippen LogP contribution in [0.4, 0.5) is 0 Å². The van der Waals surface area contributed by atoms with Crippen molar-refractivity contribution in [2.45, 2.75) is 33.2 Å². The van der Waals surface area contributed by atoms with Crippen LogP contribution in [0.1, 0.15) is 32.3 Å². The summed E-state index contributed by atoms with van der Waals surface area (Å²) in [7, 11) is 0. The van der Waals surface area contributed by atoms with Gasteiger partial charge in [0, 0.05) is 24.4 Å². The molecule has 1 aromatic rings. The molecule has 2 rings (SSSR count). The van der Waals surface area contributed by atoms with E-state index in [1.54, 1.807) is 12.5 Å². The van der Waals surface area contributed by atoms with Crippen molar-refractivity contribution in [1.29, 1.82) is 0 Å². The molecular formula is C13H20N2OS. The fourth-order valence-corrected chi connectivity index (χ4v) is 3.18. The van der Waals surface area contributed by atoms with Gasteiger partial charge in [-0.1, -0.05) is 25.6 Å². The number of rotatable bonds is 4. The normalized spacial score (nSPS) is 18.8. The monoisotopic (exact) mass is 252 g/mol. The number of furan rings is 1. The SMILES string of the molecule is CCC1(CC)CN=C(NCc2ccoc2)SC1. The highest BCUT2D eigenvalue weighted by Crippen LogP contribution is 2.34. The molecule has 1 aliphatic rings. The summed E-state index contributed by atoms with van der Waals surface area (Å²) >= 11 is 1.85. The number of nitrogens with one attached hydrogen (secondary N) is 1. The molecule has 0 bridgehead atoms. The van der Waals surface area contributed by atoms with E-state index in [1.807, 2.05) is 17.8 Å². The molecule has 4 heteroatoms. The van der Waals surface area contributed by atoms with Crippen LogP contribution in [0.2, 0.25) is 0 Å². The van der Waals surface area contributed by atoms with Crippen LogP contribution in [0.5, 0.6) is 0 Å². The van der Waals surface area contributed by atoms with Crippen molar-refractivity contribution < 1.29 is 4.42 Å². The third-order valence-corrected chi connectivity index (χ3v) is 4.90. The molecule has 0 saturated heterocycles. The summed E-state index contributed by atoms with van der Waals surface area (Å²) in [6.45, 7) is 6.29. The van der Waals surface area contributed by atoms with Gasteiger partial charge in [-0.3, -0.25) is 4.99 Å². The second kappa shape index (κ2) is 5.63. The molecule has 0 aromatic carbocycles. The van der Waals surface area contributed by atoms with Crippen molar-refractivity contribution in [2.75, 3.05) is 12.3 Å². The summed E-state index contributed by atoms with van der Waals surface area (Å²) in [5.41, 5.74) is 1.59. The molecule has 0 atom stereocenters. The van der Waals surface area contributed by atoms with E-state index in [0.717, 1.165) is 23.8 Å².